The number of hydrogen-bond acceptors (Lipinski definition) is 7. The van der Waals surface area contributed by atoms with Crippen LogP contribution in [0.3, 0.4) is 0 Å². The number of carbonyl (C=O) groups is 2. The molecule has 0 spiro atoms. The molecule has 0 saturated heterocycles. The molecule has 0 bridgehead atoms. The van der Waals surface area contributed by atoms with Gasteiger partial charge in [0.2, 0.25) is 0 Å². The Balaban J connectivity index is 1.32. The highest BCUT2D eigenvalue weighted by Crippen LogP contribution is 2.27. The van der Waals surface area contributed by atoms with Gasteiger partial charge in [-0.2, -0.15) is 0 Å². The third kappa shape index (κ3) is 5.19. The summed E-state index contributed by atoms with van der Waals surface area (Å²) in [6.45, 7) is 4.08. The van der Waals surface area contributed by atoms with E-state index < -0.39 is 11.8 Å². The van der Waals surface area contributed by atoms with Gasteiger partial charge < -0.3 is 4.74 Å². The Kier molecular flexibility index (Phi) is 6.58. The van der Waals surface area contributed by atoms with Crippen LogP contribution in [0.4, 0.5) is 0 Å². The summed E-state index contributed by atoms with van der Waals surface area (Å²) in [7, 11) is 0. The molecule has 0 unspecified atom stereocenters. The van der Waals surface area contributed by atoms with Crippen LogP contribution in [0, 0.1) is 13.8 Å². The summed E-state index contributed by atoms with van der Waals surface area (Å²) in [5, 5.41) is 3.69. The molecule has 0 aliphatic carbocycles. The van der Waals surface area contributed by atoms with Crippen molar-refractivity contribution in [3.8, 4) is 16.3 Å². The molecule has 2 aromatic carbocycles. The van der Waals surface area contributed by atoms with Gasteiger partial charge in [0.25, 0.3) is 11.8 Å². The van der Waals surface area contributed by atoms with Crippen LogP contribution in [0.25, 0.3) is 10.6 Å². The maximum atomic E-state index is 12.5. The van der Waals surface area contributed by atoms with E-state index in [1.54, 1.807) is 42.5 Å². The SMILES string of the molecule is Cc1nc(COc2ccc(C(=O)NNC(=O)c3sc(-c4ccccc4)nc3C)cc2)cs1. The van der Waals surface area contributed by atoms with Crippen molar-refractivity contribution in [3.63, 3.8) is 0 Å². The lowest BCUT2D eigenvalue weighted by atomic mass is 10.2. The summed E-state index contributed by atoms with van der Waals surface area (Å²) in [6.07, 6.45) is 0. The lowest BCUT2D eigenvalue weighted by molar-refractivity contribution is 0.0848. The van der Waals surface area contributed by atoms with E-state index in [9.17, 15) is 9.59 Å². The average molecular weight is 465 g/mol. The minimum Gasteiger partial charge on any atom is -0.487 e. The second-order valence-electron chi connectivity index (χ2n) is 6.88. The molecule has 162 valence electrons. The van der Waals surface area contributed by atoms with Gasteiger partial charge in [-0.25, -0.2) is 9.97 Å². The highest BCUT2D eigenvalue weighted by Gasteiger charge is 2.17. The largest absolute Gasteiger partial charge is 0.487 e. The minimum atomic E-state index is -0.425. The smallest absolute Gasteiger partial charge is 0.281 e. The number of amides is 2. The molecule has 32 heavy (non-hydrogen) atoms. The number of nitrogens with zero attached hydrogens (tertiary/aromatic N) is 2. The fourth-order valence-electron chi connectivity index (χ4n) is 2.89. The normalized spacial score (nSPS) is 10.6. The number of benzene rings is 2. The number of hydrazine groups is 1. The van der Waals surface area contributed by atoms with Crippen LogP contribution in [-0.2, 0) is 6.61 Å². The predicted molar refractivity (Wildman–Crippen MR) is 125 cm³/mol. The molecule has 2 aromatic heterocycles. The van der Waals surface area contributed by atoms with E-state index >= 15 is 0 Å². The van der Waals surface area contributed by atoms with Gasteiger partial charge in [-0.05, 0) is 38.1 Å². The van der Waals surface area contributed by atoms with Gasteiger partial charge >= 0.3 is 0 Å². The number of nitrogens with one attached hydrogen (secondary N) is 2. The topological polar surface area (TPSA) is 93.2 Å². The first kappa shape index (κ1) is 21.7. The average Bonchev–Trinajstić information content (AvgIpc) is 3.42. The van der Waals surface area contributed by atoms with E-state index in [-0.39, 0.29) is 0 Å². The summed E-state index contributed by atoms with van der Waals surface area (Å²) >= 11 is 2.85. The monoisotopic (exact) mass is 464 g/mol. The maximum absolute atomic E-state index is 12.5. The van der Waals surface area contributed by atoms with Crippen molar-refractivity contribution in [2.45, 2.75) is 20.5 Å². The van der Waals surface area contributed by atoms with E-state index in [2.05, 4.69) is 20.8 Å². The van der Waals surface area contributed by atoms with Crippen molar-refractivity contribution in [2.24, 2.45) is 0 Å². The van der Waals surface area contributed by atoms with Crippen LogP contribution in [0.2, 0.25) is 0 Å². The highest BCUT2D eigenvalue weighted by molar-refractivity contribution is 7.17. The van der Waals surface area contributed by atoms with Crippen LogP contribution in [0.1, 0.15) is 36.4 Å². The Morgan fingerprint density at radius 2 is 1.66 bits per heavy atom. The first-order valence-electron chi connectivity index (χ1n) is 9.77. The highest BCUT2D eigenvalue weighted by atomic mass is 32.1. The van der Waals surface area contributed by atoms with Crippen LogP contribution < -0.4 is 15.6 Å². The van der Waals surface area contributed by atoms with Gasteiger partial charge in [-0.15, -0.1) is 22.7 Å². The first-order valence-corrected chi connectivity index (χ1v) is 11.5. The summed E-state index contributed by atoms with van der Waals surface area (Å²) in [5.74, 6) is -0.204. The van der Waals surface area contributed by atoms with Crippen LogP contribution in [0.15, 0.2) is 60.0 Å². The zero-order valence-electron chi connectivity index (χ0n) is 17.4. The quantitative estimate of drug-likeness (QED) is 0.409. The standard InChI is InChI=1S/C23H20N4O3S2/c1-14-20(32-23(24-14)17-6-4-3-5-7-17)22(29)27-26-21(28)16-8-10-19(11-9-16)30-12-18-13-31-15(2)25-18/h3-11,13H,12H2,1-2H3,(H,26,28)(H,27,29). The summed E-state index contributed by atoms with van der Waals surface area (Å²) in [5.41, 5.74) is 7.72. The molecule has 0 saturated carbocycles. The molecule has 9 heteroatoms. The van der Waals surface area contributed by atoms with E-state index in [4.69, 9.17) is 4.74 Å². The molecule has 2 N–H and O–H groups in total. The lowest BCUT2D eigenvalue weighted by Gasteiger charge is -2.08. The zero-order valence-corrected chi connectivity index (χ0v) is 19.0. The minimum absolute atomic E-state index is 0.366. The molecule has 4 rings (SSSR count). The van der Waals surface area contributed by atoms with Crippen molar-refractivity contribution in [3.05, 3.63) is 86.8 Å². The molecular formula is C23H20N4O3S2. The summed E-state index contributed by atoms with van der Waals surface area (Å²) in [6, 6.07) is 16.3. The number of rotatable bonds is 6. The maximum Gasteiger partial charge on any atom is 0.281 e. The molecular weight excluding hydrogens is 444 g/mol. The van der Waals surface area contributed by atoms with Crippen LogP contribution in [-0.4, -0.2) is 21.8 Å². The fraction of sp³-hybridized carbons (Fsp3) is 0.130. The van der Waals surface area contributed by atoms with E-state index in [0.717, 1.165) is 21.3 Å². The van der Waals surface area contributed by atoms with Crippen molar-refractivity contribution in [2.75, 3.05) is 0 Å². The third-order valence-corrected chi connectivity index (χ3v) is 6.51. The summed E-state index contributed by atoms with van der Waals surface area (Å²) < 4.78 is 5.69. The van der Waals surface area contributed by atoms with Gasteiger partial charge in [0, 0.05) is 16.5 Å². The van der Waals surface area contributed by atoms with E-state index in [1.165, 1.54) is 11.3 Å². The van der Waals surface area contributed by atoms with Gasteiger partial charge in [0.05, 0.1) is 16.4 Å². The number of aryl methyl sites for hydroxylation is 2. The number of aromatic nitrogens is 2. The molecule has 0 aliphatic heterocycles. The molecule has 0 atom stereocenters. The molecule has 0 fully saturated rings. The van der Waals surface area contributed by atoms with Gasteiger partial charge in [-0.1, -0.05) is 30.3 Å². The molecule has 7 nitrogen and oxygen atoms in total. The Hall–Kier alpha value is -3.56. The van der Waals surface area contributed by atoms with Crippen LogP contribution in [0.5, 0.6) is 5.75 Å². The van der Waals surface area contributed by atoms with Crippen molar-refractivity contribution in [1.29, 1.82) is 0 Å². The van der Waals surface area contributed by atoms with Crippen molar-refractivity contribution < 1.29 is 14.3 Å². The van der Waals surface area contributed by atoms with E-state index in [1.807, 2.05) is 42.6 Å². The summed E-state index contributed by atoms with van der Waals surface area (Å²) in [4.78, 5) is 34.2. The number of hydrogen-bond donors (Lipinski definition) is 2. The molecule has 0 aliphatic rings. The third-order valence-electron chi connectivity index (χ3n) is 4.48. The lowest BCUT2D eigenvalue weighted by Crippen LogP contribution is -2.41. The molecule has 2 heterocycles. The Morgan fingerprint density at radius 1 is 0.938 bits per heavy atom. The number of carbonyl (C=O) groups excluding carboxylic acids is 2. The van der Waals surface area contributed by atoms with Gasteiger partial charge in [-0.3, -0.25) is 20.4 Å². The van der Waals surface area contributed by atoms with Crippen molar-refractivity contribution >= 4 is 34.5 Å². The van der Waals surface area contributed by atoms with Gasteiger partial charge in [0.1, 0.15) is 22.2 Å². The zero-order chi connectivity index (χ0) is 22.5. The molecule has 2 amide bonds. The second-order valence-corrected chi connectivity index (χ2v) is 8.94. The fourth-order valence-corrected chi connectivity index (χ4v) is 4.45. The van der Waals surface area contributed by atoms with Gasteiger partial charge in [0.15, 0.2) is 0 Å². The molecule has 4 aromatic rings. The Bertz CT molecular complexity index is 1230. The molecule has 0 radical (unpaired) electrons. The number of thiazole rings is 2. The van der Waals surface area contributed by atoms with Crippen LogP contribution >= 0.6 is 22.7 Å². The first-order chi connectivity index (χ1) is 15.5. The second kappa shape index (κ2) is 9.71. The van der Waals surface area contributed by atoms with E-state index in [0.29, 0.717) is 28.5 Å². The van der Waals surface area contributed by atoms with Crippen molar-refractivity contribution in [1.82, 2.24) is 20.8 Å². The Labute approximate surface area is 193 Å². The Morgan fingerprint density at radius 3 is 2.34 bits per heavy atom. The number of ether oxygens (including phenoxy) is 1. The predicted octanol–water partition coefficient (Wildman–Crippen LogP) is 4.54.